The molecule has 116 valence electrons. The van der Waals surface area contributed by atoms with Crippen molar-refractivity contribution in [3.8, 4) is 0 Å². The number of nitrogens with zero attached hydrogens (tertiary/aromatic N) is 1. The second-order valence-electron chi connectivity index (χ2n) is 5.27. The smallest absolute Gasteiger partial charge is 0.270 e. The highest BCUT2D eigenvalue weighted by Crippen LogP contribution is 2.39. The molecule has 0 aromatic heterocycles. The molecule has 2 rings (SSSR count). The van der Waals surface area contributed by atoms with Gasteiger partial charge in [-0.25, -0.2) is 0 Å². The van der Waals surface area contributed by atoms with Crippen LogP contribution in [-0.4, -0.2) is 22.9 Å². The van der Waals surface area contributed by atoms with Gasteiger partial charge in [0, 0.05) is 23.2 Å². The zero-order valence-corrected chi connectivity index (χ0v) is 13.9. The Balaban J connectivity index is 0.00000220. The summed E-state index contributed by atoms with van der Waals surface area (Å²) in [6, 6.07) is 4.09. The van der Waals surface area contributed by atoms with Crippen LogP contribution in [-0.2, 0) is 0 Å². The Kier molecular flexibility index (Phi) is 5.72. The number of nitro benzene ring substituents is 1. The van der Waals surface area contributed by atoms with E-state index < -0.39 is 10.5 Å². The first-order valence-electron chi connectivity index (χ1n) is 6.34. The molecule has 1 aliphatic carbocycles. The van der Waals surface area contributed by atoms with Gasteiger partial charge in [0.2, 0.25) is 0 Å². The monoisotopic (exact) mass is 377 g/mol. The first-order valence-corrected chi connectivity index (χ1v) is 7.13. The van der Waals surface area contributed by atoms with Gasteiger partial charge in [0.25, 0.3) is 11.6 Å². The van der Waals surface area contributed by atoms with Gasteiger partial charge >= 0.3 is 0 Å². The normalized spacial score (nSPS) is 16.5. The van der Waals surface area contributed by atoms with Gasteiger partial charge < -0.3 is 11.1 Å². The van der Waals surface area contributed by atoms with Gasteiger partial charge in [0.1, 0.15) is 0 Å². The summed E-state index contributed by atoms with van der Waals surface area (Å²) in [6.45, 7) is 2.30. The Morgan fingerprint density at radius 2 is 2.19 bits per heavy atom. The van der Waals surface area contributed by atoms with Crippen molar-refractivity contribution in [2.75, 3.05) is 6.54 Å². The van der Waals surface area contributed by atoms with Gasteiger partial charge in [-0.3, -0.25) is 14.9 Å². The average Bonchev–Trinajstić information content (AvgIpc) is 3.22. The molecule has 0 aliphatic heterocycles. The molecule has 1 atom stereocenters. The number of nitro groups is 1. The van der Waals surface area contributed by atoms with Crippen molar-refractivity contribution in [3.63, 3.8) is 0 Å². The standard InChI is InChI=1S/C13H16BrN3O3.ClH/c1-13(7-15,8-2-3-8)16-12(18)10-5-4-9(17(19)20)6-11(10)14;/h4-6,8H,2-3,7,15H2,1H3,(H,16,18);1H. The van der Waals surface area contributed by atoms with Crippen LogP contribution in [0.2, 0.25) is 0 Å². The Labute approximate surface area is 137 Å². The lowest BCUT2D eigenvalue weighted by molar-refractivity contribution is -0.384. The van der Waals surface area contributed by atoms with Gasteiger partial charge in [0.15, 0.2) is 0 Å². The van der Waals surface area contributed by atoms with Gasteiger partial charge in [-0.1, -0.05) is 0 Å². The minimum absolute atomic E-state index is 0. The Hall–Kier alpha value is -1.18. The van der Waals surface area contributed by atoms with E-state index in [1.54, 1.807) is 0 Å². The van der Waals surface area contributed by atoms with Crippen molar-refractivity contribution in [3.05, 3.63) is 38.3 Å². The van der Waals surface area contributed by atoms with Crippen LogP contribution < -0.4 is 11.1 Å². The number of benzene rings is 1. The molecule has 0 heterocycles. The third-order valence-corrected chi connectivity index (χ3v) is 4.37. The number of non-ortho nitro benzene ring substituents is 1. The maximum Gasteiger partial charge on any atom is 0.270 e. The molecule has 8 heteroatoms. The van der Waals surface area contributed by atoms with Crippen molar-refractivity contribution in [2.45, 2.75) is 25.3 Å². The highest BCUT2D eigenvalue weighted by Gasteiger charge is 2.41. The number of rotatable bonds is 5. The number of amides is 1. The van der Waals surface area contributed by atoms with E-state index in [9.17, 15) is 14.9 Å². The molecular formula is C13H17BrClN3O3. The van der Waals surface area contributed by atoms with E-state index in [2.05, 4.69) is 21.2 Å². The summed E-state index contributed by atoms with van der Waals surface area (Å²) in [5.74, 6) is 0.139. The first kappa shape index (κ1) is 17.9. The molecule has 0 radical (unpaired) electrons. The lowest BCUT2D eigenvalue weighted by Gasteiger charge is -2.29. The largest absolute Gasteiger partial charge is 0.345 e. The minimum Gasteiger partial charge on any atom is -0.345 e. The fourth-order valence-corrected chi connectivity index (χ4v) is 2.72. The summed E-state index contributed by atoms with van der Waals surface area (Å²) >= 11 is 3.20. The van der Waals surface area contributed by atoms with Crippen LogP contribution >= 0.6 is 28.3 Å². The van der Waals surface area contributed by atoms with E-state index in [-0.39, 0.29) is 24.0 Å². The molecule has 1 aliphatic rings. The van der Waals surface area contributed by atoms with E-state index in [0.29, 0.717) is 22.5 Å². The molecule has 1 amide bonds. The van der Waals surface area contributed by atoms with Crippen LogP contribution in [0.3, 0.4) is 0 Å². The van der Waals surface area contributed by atoms with Gasteiger partial charge in [-0.05, 0) is 47.7 Å². The molecule has 0 spiro atoms. The van der Waals surface area contributed by atoms with Crippen LogP contribution in [0.1, 0.15) is 30.1 Å². The van der Waals surface area contributed by atoms with Crippen molar-refractivity contribution in [1.82, 2.24) is 5.32 Å². The van der Waals surface area contributed by atoms with Crippen LogP contribution in [0.15, 0.2) is 22.7 Å². The molecule has 1 fully saturated rings. The van der Waals surface area contributed by atoms with Crippen LogP contribution in [0.25, 0.3) is 0 Å². The molecule has 6 nitrogen and oxygen atoms in total. The quantitative estimate of drug-likeness (QED) is 0.608. The van der Waals surface area contributed by atoms with Crippen LogP contribution in [0.5, 0.6) is 0 Å². The maximum absolute atomic E-state index is 12.3. The highest BCUT2D eigenvalue weighted by atomic mass is 79.9. The highest BCUT2D eigenvalue weighted by molar-refractivity contribution is 9.10. The zero-order valence-electron chi connectivity index (χ0n) is 11.5. The lowest BCUT2D eigenvalue weighted by atomic mass is 9.95. The van der Waals surface area contributed by atoms with Crippen LogP contribution in [0, 0.1) is 16.0 Å². The van der Waals surface area contributed by atoms with E-state index in [1.807, 2.05) is 6.92 Å². The van der Waals surface area contributed by atoms with Gasteiger partial charge in [-0.2, -0.15) is 0 Å². The zero-order chi connectivity index (χ0) is 14.9. The average molecular weight is 379 g/mol. The predicted molar refractivity (Wildman–Crippen MR) is 85.7 cm³/mol. The molecule has 1 unspecified atom stereocenters. The third kappa shape index (κ3) is 3.93. The SMILES string of the molecule is CC(CN)(NC(=O)c1ccc([N+](=O)[O-])cc1Br)C1CC1.Cl. The van der Waals surface area contributed by atoms with E-state index >= 15 is 0 Å². The van der Waals surface area contributed by atoms with E-state index in [4.69, 9.17) is 5.73 Å². The van der Waals surface area contributed by atoms with Crippen molar-refractivity contribution in [1.29, 1.82) is 0 Å². The summed E-state index contributed by atoms with van der Waals surface area (Å²) in [5.41, 5.74) is 5.66. The number of carbonyl (C=O) groups excluding carboxylic acids is 1. The Bertz CT molecular complexity index is 566. The van der Waals surface area contributed by atoms with E-state index in [0.717, 1.165) is 12.8 Å². The van der Waals surface area contributed by atoms with Crippen LogP contribution in [0.4, 0.5) is 5.69 Å². The number of hydrogen-bond acceptors (Lipinski definition) is 4. The molecule has 0 saturated heterocycles. The molecule has 1 aromatic carbocycles. The molecule has 21 heavy (non-hydrogen) atoms. The summed E-state index contributed by atoms with van der Waals surface area (Å²) in [7, 11) is 0. The summed E-state index contributed by atoms with van der Waals surface area (Å²) in [6.07, 6.45) is 2.13. The number of nitrogens with one attached hydrogen (secondary N) is 1. The van der Waals surface area contributed by atoms with Gasteiger partial charge in [-0.15, -0.1) is 12.4 Å². The third-order valence-electron chi connectivity index (χ3n) is 3.71. The molecule has 3 N–H and O–H groups in total. The fraction of sp³-hybridized carbons (Fsp3) is 0.462. The minimum atomic E-state index is -0.499. The van der Waals surface area contributed by atoms with Crippen molar-refractivity contribution in [2.24, 2.45) is 11.7 Å². The second kappa shape index (κ2) is 6.72. The summed E-state index contributed by atoms with van der Waals surface area (Å²) in [4.78, 5) is 22.5. The predicted octanol–water partition coefficient (Wildman–Crippen LogP) is 2.64. The number of hydrogen-bond donors (Lipinski definition) is 2. The number of nitrogens with two attached hydrogens (primary N) is 1. The maximum atomic E-state index is 12.3. The second-order valence-corrected chi connectivity index (χ2v) is 6.13. The lowest BCUT2D eigenvalue weighted by Crippen LogP contribution is -2.53. The molecule has 1 saturated carbocycles. The summed E-state index contributed by atoms with van der Waals surface area (Å²) < 4.78 is 0.402. The van der Waals surface area contributed by atoms with Gasteiger partial charge in [0.05, 0.1) is 16.0 Å². The Morgan fingerprint density at radius 3 is 2.62 bits per heavy atom. The fourth-order valence-electron chi connectivity index (χ4n) is 2.17. The topological polar surface area (TPSA) is 98.3 Å². The summed E-state index contributed by atoms with van der Waals surface area (Å²) in [5, 5.41) is 13.6. The Morgan fingerprint density at radius 1 is 1.57 bits per heavy atom. The molecular weight excluding hydrogens is 362 g/mol. The number of halogens is 2. The molecule has 1 aromatic rings. The number of carbonyl (C=O) groups is 1. The van der Waals surface area contributed by atoms with Crippen molar-refractivity contribution < 1.29 is 9.72 Å². The molecule has 0 bridgehead atoms. The first-order chi connectivity index (χ1) is 9.37. The van der Waals surface area contributed by atoms with Crippen molar-refractivity contribution >= 4 is 39.9 Å². The van der Waals surface area contributed by atoms with E-state index in [1.165, 1.54) is 18.2 Å².